The smallest absolute Gasteiger partial charge is 0.260 e. The van der Waals surface area contributed by atoms with Crippen molar-refractivity contribution in [3.8, 4) is 11.5 Å². The van der Waals surface area contributed by atoms with E-state index in [9.17, 15) is 4.79 Å². The maximum atomic E-state index is 12.7. The Morgan fingerprint density at radius 3 is 2.67 bits per heavy atom. The van der Waals surface area contributed by atoms with Crippen LogP contribution >= 0.6 is 11.5 Å². The van der Waals surface area contributed by atoms with E-state index in [2.05, 4.69) is 20.0 Å². The number of anilines is 2. The minimum atomic E-state index is -0.226. The quantitative estimate of drug-likeness (QED) is 0.646. The average molecular weight is 384 g/mol. The molecule has 7 nitrogen and oxygen atoms in total. The zero-order chi connectivity index (χ0) is 19.2. The monoisotopic (exact) mass is 384 g/mol. The van der Waals surface area contributed by atoms with Crippen LogP contribution < -0.4 is 20.1 Å². The molecule has 2 aromatic heterocycles. The van der Waals surface area contributed by atoms with E-state index in [-0.39, 0.29) is 5.91 Å². The first kappa shape index (κ1) is 18.7. The Labute approximate surface area is 161 Å². The second-order valence-electron chi connectivity index (χ2n) is 5.69. The number of aryl methyl sites for hydroxylation is 1. The zero-order valence-electron chi connectivity index (χ0n) is 15.3. The second kappa shape index (κ2) is 8.50. The molecule has 140 valence electrons. The molecule has 0 fully saturated rings. The Morgan fingerprint density at radius 2 is 1.96 bits per heavy atom. The highest BCUT2D eigenvalue weighted by Crippen LogP contribution is 2.32. The summed E-state index contributed by atoms with van der Waals surface area (Å²) in [5, 5.41) is 6.62. The van der Waals surface area contributed by atoms with E-state index in [1.54, 1.807) is 44.8 Å². The summed E-state index contributed by atoms with van der Waals surface area (Å²) < 4.78 is 15.4. The predicted octanol–water partition coefficient (Wildman–Crippen LogP) is 3.73. The van der Waals surface area contributed by atoms with Crippen molar-refractivity contribution >= 4 is 28.1 Å². The molecule has 0 spiro atoms. The minimum absolute atomic E-state index is 0.226. The van der Waals surface area contributed by atoms with Gasteiger partial charge in [0.15, 0.2) is 11.5 Å². The van der Waals surface area contributed by atoms with Crippen molar-refractivity contribution in [1.29, 1.82) is 0 Å². The van der Waals surface area contributed by atoms with Crippen LogP contribution in [0.25, 0.3) is 0 Å². The molecule has 0 aliphatic rings. The highest BCUT2D eigenvalue weighted by Gasteiger charge is 2.18. The number of aromatic nitrogens is 2. The number of amides is 1. The third kappa shape index (κ3) is 4.35. The summed E-state index contributed by atoms with van der Waals surface area (Å²) in [7, 11) is 3.34. The summed E-state index contributed by atoms with van der Waals surface area (Å²) in [6.45, 7) is 2.18. The number of nitrogens with one attached hydrogen (secondary N) is 2. The summed E-state index contributed by atoms with van der Waals surface area (Å²) in [4.78, 5) is 16.6. The third-order valence-corrected chi connectivity index (χ3v) is 4.84. The third-order valence-electron chi connectivity index (χ3n) is 3.88. The lowest BCUT2D eigenvalue weighted by atomic mass is 10.2. The van der Waals surface area contributed by atoms with Crippen molar-refractivity contribution in [2.45, 2.75) is 13.5 Å². The molecule has 0 unspecified atom stereocenters. The molecule has 0 bridgehead atoms. The topological polar surface area (TPSA) is 85.4 Å². The van der Waals surface area contributed by atoms with Crippen molar-refractivity contribution in [2.75, 3.05) is 24.8 Å². The van der Waals surface area contributed by atoms with Gasteiger partial charge >= 0.3 is 0 Å². The molecule has 27 heavy (non-hydrogen) atoms. The van der Waals surface area contributed by atoms with Crippen LogP contribution in [0, 0.1) is 6.92 Å². The fraction of sp³-hybridized carbons (Fsp3) is 0.211. The van der Waals surface area contributed by atoms with Gasteiger partial charge in [0.1, 0.15) is 11.6 Å². The highest BCUT2D eigenvalue weighted by atomic mass is 32.1. The summed E-state index contributed by atoms with van der Waals surface area (Å²) in [5.41, 5.74) is 2.82. The van der Waals surface area contributed by atoms with Crippen molar-refractivity contribution in [3.05, 3.63) is 59.5 Å². The highest BCUT2D eigenvalue weighted by molar-refractivity contribution is 7.10. The first-order valence-electron chi connectivity index (χ1n) is 8.27. The van der Waals surface area contributed by atoms with Gasteiger partial charge in [0.2, 0.25) is 0 Å². The van der Waals surface area contributed by atoms with E-state index in [1.807, 2.05) is 19.1 Å². The Balaban J connectivity index is 1.78. The Hall–Kier alpha value is -3.13. The molecule has 0 aliphatic carbocycles. The maximum absolute atomic E-state index is 12.7. The van der Waals surface area contributed by atoms with Crippen molar-refractivity contribution in [2.24, 2.45) is 0 Å². The van der Waals surface area contributed by atoms with Gasteiger partial charge in [-0.2, -0.15) is 4.37 Å². The minimum Gasteiger partial charge on any atom is -0.493 e. The Morgan fingerprint density at radius 1 is 1.19 bits per heavy atom. The number of hydrogen-bond donors (Lipinski definition) is 2. The van der Waals surface area contributed by atoms with Crippen molar-refractivity contribution in [1.82, 2.24) is 9.36 Å². The fourth-order valence-corrected chi connectivity index (χ4v) is 3.25. The molecular formula is C19H20N4O3S. The number of carbonyl (C=O) groups is 1. The van der Waals surface area contributed by atoms with Gasteiger partial charge in [0.05, 0.1) is 18.4 Å². The van der Waals surface area contributed by atoms with E-state index in [0.29, 0.717) is 35.1 Å². The van der Waals surface area contributed by atoms with Gasteiger partial charge in [-0.1, -0.05) is 0 Å². The van der Waals surface area contributed by atoms with Gasteiger partial charge < -0.3 is 20.1 Å². The number of pyridine rings is 1. The molecule has 0 saturated heterocycles. The van der Waals surface area contributed by atoms with Crippen LogP contribution in [0.4, 0.5) is 10.7 Å². The van der Waals surface area contributed by atoms with E-state index < -0.39 is 0 Å². The van der Waals surface area contributed by atoms with Crippen LogP contribution in [0.1, 0.15) is 21.6 Å². The number of rotatable bonds is 7. The van der Waals surface area contributed by atoms with Crippen LogP contribution in [-0.4, -0.2) is 29.4 Å². The van der Waals surface area contributed by atoms with Gasteiger partial charge in [-0.25, -0.2) is 0 Å². The molecule has 8 heteroatoms. The van der Waals surface area contributed by atoms with E-state index in [4.69, 9.17) is 9.47 Å². The summed E-state index contributed by atoms with van der Waals surface area (Å²) >= 11 is 1.26. The number of ether oxygens (including phenoxy) is 2. The van der Waals surface area contributed by atoms with Gasteiger partial charge in [0.25, 0.3) is 5.91 Å². The molecule has 0 atom stereocenters. The lowest BCUT2D eigenvalue weighted by Gasteiger charge is -2.13. The molecule has 1 amide bonds. The lowest BCUT2D eigenvalue weighted by molar-refractivity contribution is 0.102. The molecule has 2 heterocycles. The molecule has 3 rings (SSSR count). The number of carbonyl (C=O) groups excluding carboxylic acids is 1. The maximum Gasteiger partial charge on any atom is 0.260 e. The molecule has 0 radical (unpaired) electrons. The van der Waals surface area contributed by atoms with Crippen LogP contribution in [0.3, 0.4) is 0 Å². The Bertz CT molecular complexity index is 928. The first-order valence-corrected chi connectivity index (χ1v) is 9.04. The summed E-state index contributed by atoms with van der Waals surface area (Å²) in [6, 6.07) is 9.03. The number of hydrogen-bond acceptors (Lipinski definition) is 7. The SMILES string of the molecule is CNc1snc(C)c1C(=O)Nc1ccc(OC)c(OCc2ccncc2)c1. The van der Waals surface area contributed by atoms with Crippen LogP contribution in [-0.2, 0) is 6.61 Å². The van der Waals surface area contributed by atoms with Gasteiger partial charge in [-0.05, 0) is 48.3 Å². The van der Waals surface area contributed by atoms with Crippen molar-refractivity contribution in [3.63, 3.8) is 0 Å². The Kier molecular flexibility index (Phi) is 5.87. The normalized spacial score (nSPS) is 10.3. The van der Waals surface area contributed by atoms with Gasteiger partial charge in [0, 0.05) is 31.2 Å². The van der Waals surface area contributed by atoms with Gasteiger partial charge in [-0.15, -0.1) is 0 Å². The summed E-state index contributed by atoms with van der Waals surface area (Å²) in [5.74, 6) is 0.906. The van der Waals surface area contributed by atoms with Gasteiger partial charge in [-0.3, -0.25) is 9.78 Å². The van der Waals surface area contributed by atoms with Crippen LogP contribution in [0.2, 0.25) is 0 Å². The zero-order valence-corrected chi connectivity index (χ0v) is 16.1. The molecule has 0 saturated carbocycles. The molecule has 1 aromatic carbocycles. The molecule has 0 aliphatic heterocycles. The second-order valence-corrected chi connectivity index (χ2v) is 6.46. The standard InChI is InChI=1S/C19H20N4O3S/c1-12-17(19(20-2)27-23-12)18(24)22-14-4-5-15(25-3)16(10-14)26-11-13-6-8-21-9-7-13/h4-10,20H,11H2,1-3H3,(H,22,24). The molecular weight excluding hydrogens is 364 g/mol. The largest absolute Gasteiger partial charge is 0.493 e. The van der Waals surface area contributed by atoms with Crippen LogP contribution in [0.5, 0.6) is 11.5 Å². The van der Waals surface area contributed by atoms with E-state index in [0.717, 1.165) is 10.6 Å². The number of methoxy groups -OCH3 is 1. The molecule has 3 aromatic rings. The lowest BCUT2D eigenvalue weighted by Crippen LogP contribution is -2.14. The first-order chi connectivity index (χ1) is 13.1. The fourth-order valence-electron chi connectivity index (χ4n) is 2.51. The molecule has 2 N–H and O–H groups in total. The predicted molar refractivity (Wildman–Crippen MR) is 106 cm³/mol. The number of benzene rings is 1. The average Bonchev–Trinajstić information content (AvgIpc) is 3.08. The number of nitrogens with zero attached hydrogens (tertiary/aromatic N) is 2. The summed E-state index contributed by atoms with van der Waals surface area (Å²) in [6.07, 6.45) is 3.42. The van der Waals surface area contributed by atoms with Crippen molar-refractivity contribution < 1.29 is 14.3 Å². The van der Waals surface area contributed by atoms with E-state index in [1.165, 1.54) is 11.5 Å². The van der Waals surface area contributed by atoms with Crippen LogP contribution in [0.15, 0.2) is 42.7 Å². The van der Waals surface area contributed by atoms with E-state index >= 15 is 0 Å².